The zero-order valence-electron chi connectivity index (χ0n) is 12.7. The van der Waals surface area contributed by atoms with Crippen LogP contribution in [0.5, 0.6) is 0 Å². The molecule has 0 bridgehead atoms. The molecular formula is C17H22N2O. The molecule has 0 amide bonds. The fourth-order valence-corrected chi connectivity index (χ4v) is 2.20. The Kier molecular flexibility index (Phi) is 4.38. The van der Waals surface area contributed by atoms with Crippen molar-refractivity contribution in [2.75, 3.05) is 0 Å². The molecule has 0 saturated carbocycles. The minimum Gasteiger partial charge on any atom is -0.294 e. The van der Waals surface area contributed by atoms with Gasteiger partial charge in [0.2, 0.25) is 0 Å². The van der Waals surface area contributed by atoms with Gasteiger partial charge >= 0.3 is 0 Å². The molecule has 1 aromatic heterocycles. The van der Waals surface area contributed by atoms with Crippen molar-refractivity contribution >= 4 is 5.78 Å². The number of hydrogen-bond acceptors (Lipinski definition) is 2. The highest BCUT2D eigenvalue weighted by molar-refractivity contribution is 5.98. The van der Waals surface area contributed by atoms with Crippen LogP contribution in [0, 0.1) is 13.8 Å². The lowest BCUT2D eigenvalue weighted by Gasteiger charge is -2.08. The summed E-state index contributed by atoms with van der Waals surface area (Å²) in [5.74, 6) is 0.139. The van der Waals surface area contributed by atoms with Crippen molar-refractivity contribution in [1.82, 2.24) is 9.78 Å². The summed E-state index contributed by atoms with van der Waals surface area (Å²) in [7, 11) is 0. The topological polar surface area (TPSA) is 34.9 Å². The molecule has 0 radical (unpaired) electrons. The predicted octanol–water partition coefficient (Wildman–Crippen LogP) is 3.90. The Morgan fingerprint density at radius 2 is 2.05 bits per heavy atom. The number of ketones is 1. The normalized spacial score (nSPS) is 12.4. The number of rotatable bonds is 5. The average molecular weight is 270 g/mol. The van der Waals surface area contributed by atoms with Crippen molar-refractivity contribution < 1.29 is 4.79 Å². The van der Waals surface area contributed by atoms with Gasteiger partial charge in [-0.1, -0.05) is 24.6 Å². The van der Waals surface area contributed by atoms with Crippen LogP contribution in [-0.2, 0) is 6.42 Å². The summed E-state index contributed by atoms with van der Waals surface area (Å²) >= 11 is 0. The number of hydrogen-bond donors (Lipinski definition) is 0. The van der Waals surface area contributed by atoms with E-state index in [2.05, 4.69) is 18.9 Å². The first-order valence-electron chi connectivity index (χ1n) is 7.15. The quantitative estimate of drug-likeness (QED) is 0.772. The first kappa shape index (κ1) is 14.5. The van der Waals surface area contributed by atoms with Crippen molar-refractivity contribution in [3.05, 3.63) is 52.8 Å². The number of Topliss-reactive ketones (excluding diaryl/α,β-unsaturated/α-hetero) is 1. The Labute approximate surface area is 120 Å². The molecule has 0 spiro atoms. The highest BCUT2D eigenvalue weighted by Gasteiger charge is 2.13. The zero-order chi connectivity index (χ0) is 14.7. The second kappa shape index (κ2) is 6.04. The number of carbonyl (C=O) groups excluding carboxylic acids is 1. The molecule has 1 aromatic carbocycles. The molecule has 20 heavy (non-hydrogen) atoms. The molecule has 2 aromatic rings. The molecule has 0 fully saturated rings. The van der Waals surface area contributed by atoms with Crippen LogP contribution in [0.2, 0.25) is 0 Å². The highest BCUT2D eigenvalue weighted by Crippen LogP contribution is 2.15. The van der Waals surface area contributed by atoms with Crippen molar-refractivity contribution in [2.45, 2.75) is 46.6 Å². The number of nitrogens with zero attached hydrogens (tertiary/aromatic N) is 2. The van der Waals surface area contributed by atoms with Crippen LogP contribution >= 0.6 is 0 Å². The fourth-order valence-electron chi connectivity index (χ4n) is 2.20. The summed E-state index contributed by atoms with van der Waals surface area (Å²) < 4.78 is 1.94. The fraction of sp³-hybridized carbons (Fsp3) is 0.412. The van der Waals surface area contributed by atoms with Gasteiger partial charge in [-0.2, -0.15) is 5.10 Å². The van der Waals surface area contributed by atoms with Gasteiger partial charge in [0.1, 0.15) is 0 Å². The van der Waals surface area contributed by atoms with Gasteiger partial charge in [-0.05, 0) is 44.9 Å². The SMILES string of the molecule is CCC(C)n1ccc(CC(=O)c2cc(C)ccc2C)n1. The molecule has 1 unspecified atom stereocenters. The van der Waals surface area contributed by atoms with E-state index in [1.165, 1.54) is 0 Å². The standard InChI is InChI=1S/C17H22N2O/c1-5-14(4)19-9-8-15(18-19)11-17(20)16-10-12(2)6-7-13(16)3/h6-10,14H,5,11H2,1-4H3. The van der Waals surface area contributed by atoms with E-state index < -0.39 is 0 Å². The Balaban J connectivity index is 2.15. The molecular weight excluding hydrogens is 248 g/mol. The van der Waals surface area contributed by atoms with Gasteiger partial charge in [0, 0.05) is 17.8 Å². The van der Waals surface area contributed by atoms with Crippen molar-refractivity contribution in [2.24, 2.45) is 0 Å². The third-order valence-electron chi connectivity index (χ3n) is 3.74. The van der Waals surface area contributed by atoms with Crippen LogP contribution in [0.25, 0.3) is 0 Å². The van der Waals surface area contributed by atoms with E-state index >= 15 is 0 Å². The molecule has 1 atom stereocenters. The van der Waals surface area contributed by atoms with Crippen molar-refractivity contribution in [1.29, 1.82) is 0 Å². The van der Waals surface area contributed by atoms with E-state index in [1.807, 2.05) is 49.0 Å². The summed E-state index contributed by atoms with van der Waals surface area (Å²) in [6.07, 6.45) is 3.36. The minimum atomic E-state index is 0.139. The van der Waals surface area contributed by atoms with Crippen molar-refractivity contribution in [3.63, 3.8) is 0 Å². The largest absolute Gasteiger partial charge is 0.294 e. The smallest absolute Gasteiger partial charge is 0.169 e. The molecule has 0 N–H and O–H groups in total. The van der Waals surface area contributed by atoms with Crippen LogP contribution in [-0.4, -0.2) is 15.6 Å². The molecule has 3 nitrogen and oxygen atoms in total. The monoisotopic (exact) mass is 270 g/mol. The molecule has 1 heterocycles. The second-order valence-electron chi connectivity index (χ2n) is 5.46. The summed E-state index contributed by atoms with van der Waals surface area (Å²) in [6.45, 7) is 8.24. The van der Waals surface area contributed by atoms with E-state index in [4.69, 9.17) is 0 Å². The lowest BCUT2D eigenvalue weighted by Crippen LogP contribution is -2.09. The number of aryl methyl sites for hydroxylation is 2. The highest BCUT2D eigenvalue weighted by atomic mass is 16.1. The van der Waals surface area contributed by atoms with E-state index in [0.717, 1.165) is 28.8 Å². The predicted molar refractivity (Wildman–Crippen MR) is 81.2 cm³/mol. The first-order valence-corrected chi connectivity index (χ1v) is 7.15. The lowest BCUT2D eigenvalue weighted by atomic mass is 9.99. The maximum absolute atomic E-state index is 12.4. The van der Waals surface area contributed by atoms with Crippen LogP contribution in [0.4, 0.5) is 0 Å². The Hall–Kier alpha value is -1.90. The van der Waals surface area contributed by atoms with Gasteiger partial charge in [-0.15, -0.1) is 0 Å². The molecule has 2 rings (SSSR count). The Morgan fingerprint density at radius 3 is 2.75 bits per heavy atom. The second-order valence-corrected chi connectivity index (χ2v) is 5.46. The Morgan fingerprint density at radius 1 is 1.30 bits per heavy atom. The van der Waals surface area contributed by atoms with Gasteiger partial charge in [-0.3, -0.25) is 9.48 Å². The maximum Gasteiger partial charge on any atom is 0.169 e. The lowest BCUT2D eigenvalue weighted by molar-refractivity contribution is 0.0991. The summed E-state index contributed by atoms with van der Waals surface area (Å²) in [6, 6.07) is 8.31. The van der Waals surface area contributed by atoms with Crippen LogP contribution in [0.1, 0.15) is 53.5 Å². The van der Waals surface area contributed by atoms with Gasteiger partial charge < -0.3 is 0 Å². The molecule has 3 heteroatoms. The first-order chi connectivity index (χ1) is 9.51. The molecule has 0 aliphatic carbocycles. The van der Waals surface area contributed by atoms with Crippen LogP contribution < -0.4 is 0 Å². The van der Waals surface area contributed by atoms with Gasteiger partial charge in [-0.25, -0.2) is 0 Å². The zero-order valence-corrected chi connectivity index (χ0v) is 12.7. The van der Waals surface area contributed by atoms with Gasteiger partial charge in [0.05, 0.1) is 12.1 Å². The number of aromatic nitrogens is 2. The molecule has 106 valence electrons. The minimum absolute atomic E-state index is 0.139. The van der Waals surface area contributed by atoms with Gasteiger partial charge in [0.25, 0.3) is 0 Å². The maximum atomic E-state index is 12.4. The van der Waals surface area contributed by atoms with Gasteiger partial charge in [0.15, 0.2) is 5.78 Å². The van der Waals surface area contributed by atoms with Crippen LogP contribution in [0.3, 0.4) is 0 Å². The summed E-state index contributed by atoms with van der Waals surface area (Å²) in [5, 5.41) is 4.49. The summed E-state index contributed by atoms with van der Waals surface area (Å²) in [5.41, 5.74) is 3.80. The molecule has 0 saturated heterocycles. The van der Waals surface area contributed by atoms with Crippen LogP contribution in [0.15, 0.2) is 30.5 Å². The number of carbonyl (C=O) groups is 1. The summed E-state index contributed by atoms with van der Waals surface area (Å²) in [4.78, 5) is 12.4. The molecule has 0 aliphatic heterocycles. The third-order valence-corrected chi connectivity index (χ3v) is 3.74. The van der Waals surface area contributed by atoms with Crippen molar-refractivity contribution in [3.8, 4) is 0 Å². The molecule has 0 aliphatic rings. The van der Waals surface area contributed by atoms with E-state index in [0.29, 0.717) is 12.5 Å². The van der Waals surface area contributed by atoms with E-state index in [1.54, 1.807) is 0 Å². The number of benzene rings is 1. The average Bonchev–Trinajstić information content (AvgIpc) is 2.89. The third kappa shape index (κ3) is 3.16. The van der Waals surface area contributed by atoms with E-state index in [9.17, 15) is 4.79 Å². The van der Waals surface area contributed by atoms with E-state index in [-0.39, 0.29) is 5.78 Å². The Bertz CT molecular complexity index is 613.